The van der Waals surface area contributed by atoms with Gasteiger partial charge in [-0.15, -0.1) is 0 Å². The number of carbonyl (C=O) groups excluding carboxylic acids is 1. The zero-order valence-electron chi connectivity index (χ0n) is 11.0. The van der Waals surface area contributed by atoms with Crippen LogP contribution in [0.1, 0.15) is 5.82 Å². The first-order chi connectivity index (χ1) is 9.58. The predicted octanol–water partition coefficient (Wildman–Crippen LogP) is -1.37. The third-order valence-corrected chi connectivity index (χ3v) is 2.81. The van der Waals surface area contributed by atoms with Gasteiger partial charge in [0.15, 0.2) is 0 Å². The van der Waals surface area contributed by atoms with Crippen molar-refractivity contribution in [1.82, 2.24) is 24.4 Å². The van der Waals surface area contributed by atoms with E-state index in [0.717, 1.165) is 10.4 Å². The first-order valence-corrected chi connectivity index (χ1v) is 6.09. The maximum absolute atomic E-state index is 11.7. The second-order valence-corrected chi connectivity index (χ2v) is 4.26. The Labute approximate surface area is 114 Å². The molecule has 0 radical (unpaired) electrons. The summed E-state index contributed by atoms with van der Waals surface area (Å²) >= 11 is 0. The van der Waals surface area contributed by atoms with Crippen molar-refractivity contribution in [3.05, 3.63) is 51.3 Å². The van der Waals surface area contributed by atoms with E-state index in [1.54, 1.807) is 12.4 Å². The predicted molar refractivity (Wildman–Crippen MR) is 71.2 cm³/mol. The van der Waals surface area contributed by atoms with Gasteiger partial charge in [0.2, 0.25) is 5.91 Å². The normalized spacial score (nSPS) is 10.4. The Balaban J connectivity index is 1.90. The molecular formula is C12H15N5O3. The summed E-state index contributed by atoms with van der Waals surface area (Å²) < 4.78 is 2.14. The molecule has 1 amide bonds. The summed E-state index contributed by atoms with van der Waals surface area (Å²) in [6, 6.07) is 1.25. The number of aromatic nitrogens is 4. The molecule has 0 aliphatic carbocycles. The lowest BCUT2D eigenvalue weighted by molar-refractivity contribution is -0.121. The molecule has 106 valence electrons. The van der Waals surface area contributed by atoms with Crippen molar-refractivity contribution in [2.75, 3.05) is 6.54 Å². The Bertz CT molecular complexity index is 699. The third-order valence-electron chi connectivity index (χ3n) is 2.81. The standard InChI is InChI=1S/C12H15N5O3/c1-16-11(19)3-7-17(12(16)20)8-10(18)15-4-2-9-13-5-6-14-9/h3,5-7H,2,4,8H2,1H3,(H,13,14)(H,15,18). The molecule has 0 aliphatic heterocycles. The molecule has 0 saturated heterocycles. The van der Waals surface area contributed by atoms with Crippen molar-refractivity contribution >= 4 is 5.91 Å². The van der Waals surface area contributed by atoms with Gasteiger partial charge in [0, 0.05) is 44.7 Å². The average Bonchev–Trinajstić information content (AvgIpc) is 2.93. The molecule has 2 N–H and O–H groups in total. The van der Waals surface area contributed by atoms with Crippen LogP contribution >= 0.6 is 0 Å². The molecule has 0 atom stereocenters. The van der Waals surface area contributed by atoms with Crippen molar-refractivity contribution in [3.63, 3.8) is 0 Å². The molecule has 0 saturated carbocycles. The molecule has 0 bridgehead atoms. The molecule has 2 rings (SSSR count). The van der Waals surface area contributed by atoms with Crippen LogP contribution in [-0.2, 0) is 24.8 Å². The molecule has 0 spiro atoms. The van der Waals surface area contributed by atoms with Gasteiger partial charge < -0.3 is 10.3 Å². The summed E-state index contributed by atoms with van der Waals surface area (Å²) in [4.78, 5) is 41.6. The molecule has 2 aromatic rings. The number of aromatic amines is 1. The summed E-state index contributed by atoms with van der Waals surface area (Å²) in [5, 5.41) is 2.68. The van der Waals surface area contributed by atoms with Crippen LogP contribution in [0.4, 0.5) is 0 Å². The molecular weight excluding hydrogens is 262 g/mol. The van der Waals surface area contributed by atoms with Crippen LogP contribution in [0.3, 0.4) is 0 Å². The maximum Gasteiger partial charge on any atom is 0.331 e. The quantitative estimate of drug-likeness (QED) is 0.704. The van der Waals surface area contributed by atoms with Gasteiger partial charge in [0.25, 0.3) is 5.56 Å². The van der Waals surface area contributed by atoms with Crippen molar-refractivity contribution in [3.8, 4) is 0 Å². The van der Waals surface area contributed by atoms with Gasteiger partial charge in [-0.2, -0.15) is 0 Å². The minimum atomic E-state index is -0.515. The van der Waals surface area contributed by atoms with Gasteiger partial charge in [0.05, 0.1) is 0 Å². The number of H-pyrrole nitrogens is 1. The smallest absolute Gasteiger partial charge is 0.331 e. The van der Waals surface area contributed by atoms with Crippen molar-refractivity contribution in [2.45, 2.75) is 13.0 Å². The monoisotopic (exact) mass is 277 g/mol. The maximum atomic E-state index is 11.7. The second-order valence-electron chi connectivity index (χ2n) is 4.26. The fourth-order valence-corrected chi connectivity index (χ4v) is 1.70. The third kappa shape index (κ3) is 3.22. The highest BCUT2D eigenvalue weighted by Crippen LogP contribution is 1.88. The van der Waals surface area contributed by atoms with Gasteiger partial charge in [-0.25, -0.2) is 9.78 Å². The largest absolute Gasteiger partial charge is 0.354 e. The van der Waals surface area contributed by atoms with E-state index in [4.69, 9.17) is 0 Å². The Hall–Kier alpha value is -2.64. The highest BCUT2D eigenvalue weighted by atomic mass is 16.2. The summed E-state index contributed by atoms with van der Waals surface area (Å²) in [5.41, 5.74) is -0.914. The Morgan fingerprint density at radius 3 is 2.95 bits per heavy atom. The number of hydrogen-bond acceptors (Lipinski definition) is 4. The molecule has 0 aliphatic rings. The summed E-state index contributed by atoms with van der Waals surface area (Å²) in [6.07, 6.45) is 5.25. The minimum Gasteiger partial charge on any atom is -0.354 e. The highest BCUT2D eigenvalue weighted by molar-refractivity contribution is 5.75. The molecule has 20 heavy (non-hydrogen) atoms. The summed E-state index contributed by atoms with van der Waals surface area (Å²) in [7, 11) is 1.37. The molecule has 0 aromatic carbocycles. The van der Waals surface area contributed by atoms with E-state index in [1.165, 1.54) is 23.9 Å². The molecule has 2 aromatic heterocycles. The van der Waals surface area contributed by atoms with Crippen LogP contribution < -0.4 is 16.6 Å². The average molecular weight is 277 g/mol. The topological polar surface area (TPSA) is 102 Å². The fourth-order valence-electron chi connectivity index (χ4n) is 1.70. The number of imidazole rings is 1. The lowest BCUT2D eigenvalue weighted by Crippen LogP contribution is -2.40. The first-order valence-electron chi connectivity index (χ1n) is 6.09. The lowest BCUT2D eigenvalue weighted by atomic mass is 10.4. The van der Waals surface area contributed by atoms with Gasteiger partial charge in [0.1, 0.15) is 12.4 Å². The second kappa shape index (κ2) is 6.00. The van der Waals surface area contributed by atoms with Gasteiger partial charge in [-0.1, -0.05) is 0 Å². The minimum absolute atomic E-state index is 0.120. The zero-order chi connectivity index (χ0) is 14.5. The van der Waals surface area contributed by atoms with Crippen molar-refractivity contribution in [2.24, 2.45) is 7.05 Å². The summed E-state index contributed by atoms with van der Waals surface area (Å²) in [6.45, 7) is 0.304. The van der Waals surface area contributed by atoms with Crippen LogP contribution in [0.2, 0.25) is 0 Å². The van der Waals surface area contributed by atoms with Gasteiger partial charge in [-0.3, -0.25) is 18.7 Å². The number of rotatable bonds is 5. The first kappa shape index (κ1) is 13.8. The van der Waals surface area contributed by atoms with E-state index in [1.807, 2.05) is 0 Å². The van der Waals surface area contributed by atoms with Gasteiger partial charge >= 0.3 is 5.69 Å². The number of nitrogens with one attached hydrogen (secondary N) is 2. The van der Waals surface area contributed by atoms with Crippen LogP contribution in [0.5, 0.6) is 0 Å². The van der Waals surface area contributed by atoms with E-state index in [-0.39, 0.29) is 12.5 Å². The van der Waals surface area contributed by atoms with E-state index in [2.05, 4.69) is 15.3 Å². The number of amides is 1. The van der Waals surface area contributed by atoms with E-state index >= 15 is 0 Å². The number of carbonyl (C=O) groups is 1. The Kier molecular flexibility index (Phi) is 4.14. The van der Waals surface area contributed by atoms with E-state index in [9.17, 15) is 14.4 Å². The lowest BCUT2D eigenvalue weighted by Gasteiger charge is -2.07. The van der Waals surface area contributed by atoms with Crippen LogP contribution in [0.15, 0.2) is 34.2 Å². The van der Waals surface area contributed by atoms with E-state index in [0.29, 0.717) is 13.0 Å². The van der Waals surface area contributed by atoms with Gasteiger partial charge in [-0.05, 0) is 0 Å². The SMILES string of the molecule is Cn1c(=O)ccn(CC(=O)NCCc2ncc[nH]2)c1=O. The molecule has 8 heteroatoms. The number of nitrogens with zero attached hydrogens (tertiary/aromatic N) is 3. The number of hydrogen-bond donors (Lipinski definition) is 2. The van der Waals surface area contributed by atoms with E-state index < -0.39 is 11.2 Å². The molecule has 2 heterocycles. The molecule has 8 nitrogen and oxygen atoms in total. The Morgan fingerprint density at radius 2 is 2.25 bits per heavy atom. The van der Waals surface area contributed by atoms with Crippen LogP contribution in [0.25, 0.3) is 0 Å². The Morgan fingerprint density at radius 1 is 1.45 bits per heavy atom. The molecule has 0 unspecified atom stereocenters. The fraction of sp³-hybridized carbons (Fsp3) is 0.333. The molecule has 0 fully saturated rings. The van der Waals surface area contributed by atoms with Crippen LogP contribution in [0, 0.1) is 0 Å². The summed E-state index contributed by atoms with van der Waals surface area (Å²) in [5.74, 6) is 0.488. The van der Waals surface area contributed by atoms with Crippen LogP contribution in [-0.4, -0.2) is 31.6 Å². The zero-order valence-corrected chi connectivity index (χ0v) is 11.0. The van der Waals surface area contributed by atoms with Crippen molar-refractivity contribution < 1.29 is 4.79 Å². The van der Waals surface area contributed by atoms with Crippen molar-refractivity contribution in [1.29, 1.82) is 0 Å². The highest BCUT2D eigenvalue weighted by Gasteiger charge is 2.06.